The van der Waals surface area contributed by atoms with E-state index < -0.39 is 28.1 Å². The summed E-state index contributed by atoms with van der Waals surface area (Å²) in [5.74, 6) is 1.26. The number of ether oxygens (including phenoxy) is 5. The monoisotopic (exact) mass is 818 g/mol. The predicted molar refractivity (Wildman–Crippen MR) is 224 cm³/mol. The number of hydrogen-bond acceptors (Lipinski definition) is 13. The Morgan fingerprint density at radius 2 is 1.30 bits per heavy atom. The third kappa shape index (κ3) is 16.2. The van der Waals surface area contributed by atoms with Crippen molar-refractivity contribution in [3.8, 4) is 5.75 Å². The van der Waals surface area contributed by atoms with E-state index in [4.69, 9.17) is 18.9 Å². The van der Waals surface area contributed by atoms with Crippen LogP contribution in [0.1, 0.15) is 26.5 Å². The van der Waals surface area contributed by atoms with E-state index in [2.05, 4.69) is 74.8 Å². The van der Waals surface area contributed by atoms with Crippen LogP contribution >= 0.6 is 0 Å². The van der Waals surface area contributed by atoms with Crippen LogP contribution in [0.25, 0.3) is 0 Å². The highest BCUT2D eigenvalue weighted by Crippen LogP contribution is 2.22. The Labute approximate surface area is 334 Å². The number of aromatic nitrogens is 6. The molecule has 0 bridgehead atoms. The minimum Gasteiger partial charge on any atom is -0.489 e. The quantitative estimate of drug-likeness (QED) is 0.0435. The number of nitrogens with zero attached hydrogens (tertiary/aromatic N) is 5. The van der Waals surface area contributed by atoms with Gasteiger partial charge in [0.05, 0.1) is 14.2 Å². The maximum Gasteiger partial charge on any atom is 0.356 e. The van der Waals surface area contributed by atoms with E-state index in [1.165, 1.54) is 26.4 Å². The standard InChI is InChI=1S/C23H30N4O4Si.C16H24N4O4Si/c1-29-23(28)20-14-19(31-16-18-8-6-5-7-9-18)15-22(24-20)25-21-10-11-27(26-21)17-30-12-13-32(2,3)4;1-23-16(22)13-9-12(21)10-15(17-13)18-14-5-6-20(19-14)11-24-7-8-25(2,3)4/h5-11,14-15H,12-13,16-17H2,1-4H3,(H,24,25,26);5-6,9-10H,7-8,11H2,1-4H3,(H2,17,18,19,21). The lowest BCUT2D eigenvalue weighted by molar-refractivity contribution is 0.0585. The Kier molecular flexibility index (Phi) is 16.3. The fraction of sp³-hybridized carbons (Fsp3) is 0.385. The third-order valence-electron chi connectivity index (χ3n) is 7.93. The van der Waals surface area contributed by atoms with Gasteiger partial charge in [0.1, 0.15) is 43.1 Å². The normalized spacial score (nSPS) is 11.3. The fourth-order valence-corrected chi connectivity index (χ4v) is 6.29. The number of methoxy groups -OCH3 is 2. The molecule has 5 rings (SSSR count). The van der Waals surface area contributed by atoms with Crippen molar-refractivity contribution in [3.63, 3.8) is 0 Å². The molecule has 5 aromatic rings. The number of carbonyl (C=O) groups is 2. The maximum absolute atomic E-state index is 12.1. The number of rotatable bonds is 19. The molecule has 0 spiro atoms. The molecule has 0 aliphatic heterocycles. The maximum atomic E-state index is 12.1. The first-order chi connectivity index (χ1) is 27.1. The van der Waals surface area contributed by atoms with E-state index in [1.54, 1.807) is 33.8 Å². The van der Waals surface area contributed by atoms with Crippen LogP contribution in [0.5, 0.6) is 5.75 Å². The van der Waals surface area contributed by atoms with Gasteiger partial charge in [-0.05, 0) is 17.7 Å². The van der Waals surface area contributed by atoms with Crippen molar-refractivity contribution in [3.05, 3.63) is 106 Å². The third-order valence-corrected chi connectivity index (χ3v) is 11.3. The lowest BCUT2D eigenvalue weighted by Gasteiger charge is -2.15. The Morgan fingerprint density at radius 1 is 0.719 bits per heavy atom. The second-order valence-electron chi connectivity index (χ2n) is 15.4. The molecule has 0 saturated heterocycles. The Morgan fingerprint density at radius 3 is 1.86 bits per heavy atom. The zero-order chi connectivity index (χ0) is 41.4. The van der Waals surface area contributed by atoms with Crippen molar-refractivity contribution in [2.75, 3.05) is 38.1 Å². The van der Waals surface area contributed by atoms with Crippen LogP contribution in [0.4, 0.5) is 23.3 Å². The summed E-state index contributed by atoms with van der Waals surface area (Å²) in [5, 5.41) is 14.8. The van der Waals surface area contributed by atoms with Crippen molar-refractivity contribution in [1.29, 1.82) is 0 Å². The summed E-state index contributed by atoms with van der Waals surface area (Å²) in [6.07, 6.45) is 3.60. The van der Waals surface area contributed by atoms with Crippen molar-refractivity contribution in [2.24, 2.45) is 0 Å². The summed E-state index contributed by atoms with van der Waals surface area (Å²) in [7, 11) is 0.351. The van der Waals surface area contributed by atoms with Gasteiger partial charge in [0.2, 0.25) is 0 Å². The molecule has 3 N–H and O–H groups in total. The molecule has 306 valence electrons. The van der Waals surface area contributed by atoms with Gasteiger partial charge in [-0.3, -0.25) is 4.79 Å². The molecule has 16 nitrogen and oxygen atoms in total. The van der Waals surface area contributed by atoms with Crippen LogP contribution < -0.4 is 20.8 Å². The van der Waals surface area contributed by atoms with E-state index in [9.17, 15) is 14.4 Å². The molecule has 0 atom stereocenters. The molecule has 0 aliphatic rings. The number of hydrogen-bond donors (Lipinski definition) is 3. The molecule has 0 radical (unpaired) electrons. The molecular weight excluding hydrogens is 765 g/mol. The average molecular weight is 819 g/mol. The van der Waals surface area contributed by atoms with Crippen LogP contribution in [0, 0.1) is 0 Å². The molecule has 0 aliphatic carbocycles. The first-order valence-corrected chi connectivity index (χ1v) is 25.9. The highest BCUT2D eigenvalue weighted by atomic mass is 28.3. The van der Waals surface area contributed by atoms with E-state index in [1.807, 2.05) is 42.6 Å². The fourth-order valence-electron chi connectivity index (χ4n) is 4.78. The lowest BCUT2D eigenvalue weighted by atomic mass is 10.2. The molecule has 0 amide bonds. The van der Waals surface area contributed by atoms with Gasteiger partial charge in [-0.1, -0.05) is 69.6 Å². The van der Waals surface area contributed by atoms with Gasteiger partial charge in [-0.2, -0.15) is 10.2 Å². The molecule has 4 heterocycles. The Hall–Kier alpha value is -5.57. The Balaban J connectivity index is 0.000000261. The van der Waals surface area contributed by atoms with Gasteiger partial charge >= 0.3 is 11.9 Å². The molecule has 0 unspecified atom stereocenters. The molecule has 18 heteroatoms. The summed E-state index contributed by atoms with van der Waals surface area (Å²) in [4.78, 5) is 42.4. The second-order valence-corrected chi connectivity index (χ2v) is 26.6. The highest BCUT2D eigenvalue weighted by Gasteiger charge is 2.15. The molecule has 0 fully saturated rings. The summed E-state index contributed by atoms with van der Waals surface area (Å²) in [5.41, 5.74) is 0.934. The predicted octanol–water partition coefficient (Wildman–Crippen LogP) is 7.11. The largest absolute Gasteiger partial charge is 0.489 e. The number of benzene rings is 1. The molecule has 57 heavy (non-hydrogen) atoms. The van der Waals surface area contributed by atoms with Gasteiger partial charge in [0.15, 0.2) is 22.8 Å². The number of aromatic amines is 1. The van der Waals surface area contributed by atoms with Crippen molar-refractivity contribution >= 4 is 51.4 Å². The van der Waals surface area contributed by atoms with Crippen molar-refractivity contribution < 1.29 is 33.3 Å². The first kappa shape index (κ1) is 44.2. The number of pyridine rings is 2. The molecule has 0 saturated carbocycles. The SMILES string of the molecule is COC(=O)c1cc(=O)cc(Nc2ccn(COCC[Si](C)(C)C)n2)[nH]1.COC(=O)c1cc(OCc2ccccc2)cc(Nc2ccn(COCC[Si](C)(C)C)n2)n1. The first-order valence-electron chi connectivity index (χ1n) is 18.5. The number of nitrogens with one attached hydrogen (secondary N) is 3. The topological polar surface area (TPSA) is 186 Å². The van der Waals surface area contributed by atoms with Gasteiger partial charge in [-0.15, -0.1) is 0 Å². The highest BCUT2D eigenvalue weighted by molar-refractivity contribution is 6.76. The van der Waals surface area contributed by atoms with Gasteiger partial charge in [-0.25, -0.2) is 23.9 Å². The second kappa shape index (κ2) is 21.1. The Bertz CT molecular complexity index is 2090. The number of H-pyrrole nitrogens is 1. The van der Waals surface area contributed by atoms with Crippen LogP contribution in [-0.2, 0) is 39.0 Å². The van der Waals surface area contributed by atoms with E-state index in [0.717, 1.165) is 24.3 Å². The van der Waals surface area contributed by atoms with Gasteiger partial charge < -0.3 is 39.3 Å². The number of carbonyl (C=O) groups excluding carboxylic acids is 2. The summed E-state index contributed by atoms with van der Waals surface area (Å²) >= 11 is 0. The van der Waals surface area contributed by atoms with E-state index in [0.29, 0.717) is 55.7 Å². The lowest BCUT2D eigenvalue weighted by Crippen LogP contribution is -2.22. The van der Waals surface area contributed by atoms with Gasteiger partial charge in [0.25, 0.3) is 0 Å². The van der Waals surface area contributed by atoms with Crippen LogP contribution in [-0.4, -0.2) is 85.0 Å². The number of anilines is 4. The average Bonchev–Trinajstić information content (AvgIpc) is 3.82. The minimum absolute atomic E-state index is 0.0756. The zero-order valence-electron chi connectivity index (χ0n) is 34.0. The van der Waals surface area contributed by atoms with Crippen molar-refractivity contribution in [1.82, 2.24) is 29.5 Å². The molecule has 4 aromatic heterocycles. The molecule has 1 aromatic carbocycles. The summed E-state index contributed by atoms with van der Waals surface area (Å²) < 4.78 is 30.0. The van der Waals surface area contributed by atoms with Gasteiger partial charge in [0, 0.05) is 78.2 Å². The summed E-state index contributed by atoms with van der Waals surface area (Å²) in [6.45, 7) is 16.4. The van der Waals surface area contributed by atoms with Crippen molar-refractivity contribution in [2.45, 2.75) is 71.4 Å². The smallest absolute Gasteiger partial charge is 0.356 e. The molecular formula is C39H54N8O8Si2. The minimum atomic E-state index is -1.12. The van der Waals surface area contributed by atoms with Crippen LogP contribution in [0.2, 0.25) is 51.4 Å². The summed E-state index contributed by atoms with van der Waals surface area (Å²) in [6, 6.07) is 21.4. The number of esters is 2. The van der Waals surface area contributed by atoms with Crippen LogP contribution in [0.15, 0.2) is 83.9 Å². The van der Waals surface area contributed by atoms with Crippen LogP contribution in [0.3, 0.4) is 0 Å². The zero-order valence-corrected chi connectivity index (χ0v) is 36.0. The van der Waals surface area contributed by atoms with E-state index >= 15 is 0 Å². The van der Waals surface area contributed by atoms with E-state index in [-0.39, 0.29) is 16.8 Å².